The first kappa shape index (κ1) is 22.6. The van der Waals surface area contributed by atoms with Crippen molar-refractivity contribution < 1.29 is 14.2 Å². The van der Waals surface area contributed by atoms with Gasteiger partial charge >= 0.3 is 0 Å². The summed E-state index contributed by atoms with van der Waals surface area (Å²) >= 11 is 0. The lowest BCUT2D eigenvalue weighted by molar-refractivity contribution is -0.0240. The summed E-state index contributed by atoms with van der Waals surface area (Å²) in [4.78, 5) is 0. The summed E-state index contributed by atoms with van der Waals surface area (Å²) in [5.41, 5.74) is 0.352. The molecule has 3 fully saturated rings. The van der Waals surface area contributed by atoms with Crippen molar-refractivity contribution in [2.24, 2.45) is 29.1 Å². The topological polar surface area (TPSA) is 27.7 Å². The predicted octanol–water partition coefficient (Wildman–Crippen LogP) is 6.24. The van der Waals surface area contributed by atoms with Crippen LogP contribution in [0.2, 0.25) is 0 Å². The van der Waals surface area contributed by atoms with Gasteiger partial charge in [0.15, 0.2) is 0 Å². The summed E-state index contributed by atoms with van der Waals surface area (Å²) in [5, 5.41) is 0. The van der Waals surface area contributed by atoms with Crippen molar-refractivity contribution in [1.29, 1.82) is 0 Å². The van der Waals surface area contributed by atoms with Crippen LogP contribution in [0.1, 0.15) is 92.4 Å². The highest BCUT2D eigenvalue weighted by atomic mass is 16.5. The Balaban J connectivity index is 1.50. The molecule has 3 saturated heterocycles. The van der Waals surface area contributed by atoms with Crippen molar-refractivity contribution in [3.05, 3.63) is 0 Å². The van der Waals surface area contributed by atoms with E-state index in [1.807, 2.05) is 0 Å². The highest BCUT2D eigenvalue weighted by Gasteiger charge is 2.39. The molecule has 0 aliphatic carbocycles. The van der Waals surface area contributed by atoms with Gasteiger partial charge in [0.1, 0.15) is 0 Å². The second-order valence-electron chi connectivity index (χ2n) is 10.9. The molecule has 0 aromatic heterocycles. The molecule has 0 aromatic carbocycles. The normalized spacial score (nSPS) is 36.9. The maximum atomic E-state index is 6.40. The summed E-state index contributed by atoms with van der Waals surface area (Å²) in [7, 11) is 0. The summed E-state index contributed by atoms with van der Waals surface area (Å²) in [5.74, 6) is 2.70. The van der Waals surface area contributed by atoms with Crippen molar-refractivity contribution in [3.63, 3.8) is 0 Å². The summed E-state index contributed by atoms with van der Waals surface area (Å²) < 4.78 is 18.6. The van der Waals surface area contributed by atoms with E-state index in [2.05, 4.69) is 34.6 Å². The van der Waals surface area contributed by atoms with Crippen LogP contribution in [0.5, 0.6) is 0 Å². The van der Waals surface area contributed by atoms with Crippen molar-refractivity contribution in [1.82, 2.24) is 0 Å². The maximum Gasteiger partial charge on any atom is 0.0602 e. The monoisotopic (exact) mass is 394 g/mol. The predicted molar refractivity (Wildman–Crippen MR) is 116 cm³/mol. The van der Waals surface area contributed by atoms with Gasteiger partial charge in [-0.25, -0.2) is 0 Å². The minimum absolute atomic E-state index is 0.352. The molecule has 0 bridgehead atoms. The Morgan fingerprint density at radius 2 is 1.61 bits per heavy atom. The largest absolute Gasteiger partial charge is 0.381 e. The SMILES string of the molecule is CC(C)C1CCC(CC(C)C2CCC(C(C)(C)C3CCCCOC3)CCO2)O1. The van der Waals surface area contributed by atoms with E-state index in [0.29, 0.717) is 41.5 Å². The zero-order chi connectivity index (χ0) is 20.1. The zero-order valence-electron chi connectivity index (χ0n) is 19.3. The Hall–Kier alpha value is -0.120. The lowest BCUT2D eigenvalue weighted by Crippen LogP contribution is -2.35. The second kappa shape index (κ2) is 10.3. The van der Waals surface area contributed by atoms with Gasteiger partial charge in [-0.3, -0.25) is 0 Å². The van der Waals surface area contributed by atoms with Gasteiger partial charge in [0.05, 0.1) is 18.3 Å². The molecule has 3 aliphatic heterocycles. The van der Waals surface area contributed by atoms with Gasteiger partial charge in [-0.2, -0.15) is 0 Å². The van der Waals surface area contributed by atoms with Gasteiger partial charge in [0.2, 0.25) is 0 Å². The van der Waals surface area contributed by atoms with Crippen LogP contribution in [0.4, 0.5) is 0 Å². The van der Waals surface area contributed by atoms with Crippen LogP contribution in [0.3, 0.4) is 0 Å². The first-order valence-electron chi connectivity index (χ1n) is 12.2. The van der Waals surface area contributed by atoms with Crippen LogP contribution >= 0.6 is 0 Å². The Morgan fingerprint density at radius 3 is 2.36 bits per heavy atom. The van der Waals surface area contributed by atoms with Crippen LogP contribution in [-0.4, -0.2) is 38.1 Å². The Morgan fingerprint density at radius 1 is 0.821 bits per heavy atom. The van der Waals surface area contributed by atoms with Gasteiger partial charge in [-0.1, -0.05) is 41.0 Å². The summed E-state index contributed by atoms with van der Waals surface area (Å²) in [6.45, 7) is 14.8. The summed E-state index contributed by atoms with van der Waals surface area (Å²) in [6.07, 6.45) is 12.6. The molecule has 6 unspecified atom stereocenters. The number of rotatable bonds is 6. The van der Waals surface area contributed by atoms with Crippen molar-refractivity contribution in [2.75, 3.05) is 19.8 Å². The van der Waals surface area contributed by atoms with Crippen molar-refractivity contribution in [3.8, 4) is 0 Å². The van der Waals surface area contributed by atoms with E-state index in [0.717, 1.165) is 25.7 Å². The Labute approximate surface area is 174 Å². The first-order valence-corrected chi connectivity index (χ1v) is 12.2. The zero-order valence-corrected chi connectivity index (χ0v) is 19.3. The van der Waals surface area contributed by atoms with Crippen molar-refractivity contribution >= 4 is 0 Å². The summed E-state index contributed by atoms with van der Waals surface area (Å²) in [6, 6.07) is 0. The van der Waals surface area contributed by atoms with Crippen LogP contribution in [0, 0.1) is 29.1 Å². The number of hydrogen-bond acceptors (Lipinski definition) is 3. The van der Waals surface area contributed by atoms with E-state index < -0.39 is 0 Å². The molecular formula is C25H46O3. The van der Waals surface area contributed by atoms with Crippen LogP contribution < -0.4 is 0 Å². The standard InChI is InChI=1S/C25H46O3/c1-18(2)23-12-10-22(28-23)16-19(3)24-11-9-20(13-15-27-24)25(4,5)21-8-6-7-14-26-17-21/h18-24H,6-17H2,1-5H3. The molecule has 164 valence electrons. The third-order valence-electron chi connectivity index (χ3n) is 8.27. The molecule has 0 N–H and O–H groups in total. The average molecular weight is 395 g/mol. The molecule has 0 radical (unpaired) electrons. The third-order valence-corrected chi connectivity index (χ3v) is 8.27. The maximum absolute atomic E-state index is 6.40. The minimum Gasteiger partial charge on any atom is -0.381 e. The molecule has 0 saturated carbocycles. The Kier molecular flexibility index (Phi) is 8.27. The Bertz CT molecular complexity index is 453. The van der Waals surface area contributed by atoms with E-state index in [-0.39, 0.29) is 0 Å². The molecule has 3 nitrogen and oxygen atoms in total. The van der Waals surface area contributed by atoms with E-state index in [1.54, 1.807) is 0 Å². The molecule has 0 aromatic rings. The highest BCUT2D eigenvalue weighted by Crippen LogP contribution is 2.45. The molecule has 3 heterocycles. The molecule has 3 rings (SSSR count). The van der Waals surface area contributed by atoms with Gasteiger partial charge in [-0.15, -0.1) is 0 Å². The van der Waals surface area contributed by atoms with Crippen LogP contribution in [0.25, 0.3) is 0 Å². The lowest BCUT2D eigenvalue weighted by atomic mass is 9.65. The van der Waals surface area contributed by atoms with E-state index in [9.17, 15) is 0 Å². The van der Waals surface area contributed by atoms with E-state index in [1.165, 1.54) is 57.8 Å². The number of hydrogen-bond donors (Lipinski definition) is 0. The smallest absolute Gasteiger partial charge is 0.0602 e. The lowest BCUT2D eigenvalue weighted by Gasteiger charge is -2.40. The van der Waals surface area contributed by atoms with Crippen LogP contribution in [-0.2, 0) is 14.2 Å². The van der Waals surface area contributed by atoms with Gasteiger partial charge < -0.3 is 14.2 Å². The van der Waals surface area contributed by atoms with Gasteiger partial charge in [-0.05, 0) is 80.5 Å². The molecule has 0 spiro atoms. The van der Waals surface area contributed by atoms with E-state index >= 15 is 0 Å². The third kappa shape index (κ3) is 5.73. The fourth-order valence-electron chi connectivity index (χ4n) is 5.94. The fourth-order valence-corrected chi connectivity index (χ4v) is 5.94. The van der Waals surface area contributed by atoms with Crippen molar-refractivity contribution in [2.45, 2.75) is 111 Å². The molecule has 0 amide bonds. The second-order valence-corrected chi connectivity index (χ2v) is 10.9. The molecule has 3 heteroatoms. The number of ether oxygens (including phenoxy) is 3. The fraction of sp³-hybridized carbons (Fsp3) is 1.00. The molecule has 6 atom stereocenters. The van der Waals surface area contributed by atoms with Gasteiger partial charge in [0.25, 0.3) is 0 Å². The average Bonchev–Trinajstić information content (AvgIpc) is 2.87. The quantitative estimate of drug-likeness (QED) is 0.533. The highest BCUT2D eigenvalue weighted by molar-refractivity contribution is 4.89. The first-order chi connectivity index (χ1) is 13.4. The van der Waals surface area contributed by atoms with E-state index in [4.69, 9.17) is 14.2 Å². The minimum atomic E-state index is 0.352. The molecule has 3 aliphatic rings. The molecular weight excluding hydrogens is 348 g/mol. The van der Waals surface area contributed by atoms with Gasteiger partial charge in [0, 0.05) is 19.8 Å². The molecule has 28 heavy (non-hydrogen) atoms. The van der Waals surface area contributed by atoms with Crippen LogP contribution in [0.15, 0.2) is 0 Å².